The van der Waals surface area contributed by atoms with E-state index in [1.54, 1.807) is 11.6 Å². The van der Waals surface area contributed by atoms with Gasteiger partial charge >= 0.3 is 0 Å². The Hall–Kier alpha value is -0.630. The van der Waals surface area contributed by atoms with Crippen LogP contribution in [-0.4, -0.2) is 41.4 Å². The van der Waals surface area contributed by atoms with Gasteiger partial charge in [0.1, 0.15) is 0 Å². The van der Waals surface area contributed by atoms with Gasteiger partial charge in [0.15, 0.2) is 5.03 Å². The Bertz CT molecular complexity index is 507. The lowest BCUT2D eigenvalue weighted by Gasteiger charge is -2.32. The predicted molar refractivity (Wildman–Crippen MR) is 75.6 cm³/mol. The maximum Gasteiger partial charge on any atom is 0.262 e. The Balaban J connectivity index is 0.00000180. The van der Waals surface area contributed by atoms with Crippen molar-refractivity contribution in [2.75, 3.05) is 13.1 Å². The Morgan fingerprint density at radius 3 is 2.42 bits per heavy atom. The van der Waals surface area contributed by atoms with Crippen LogP contribution in [0.1, 0.15) is 19.8 Å². The summed E-state index contributed by atoms with van der Waals surface area (Å²) in [5.74, 6) is 0.417. The van der Waals surface area contributed by atoms with E-state index in [-0.39, 0.29) is 23.5 Å². The zero-order chi connectivity index (χ0) is 13.3. The van der Waals surface area contributed by atoms with Gasteiger partial charge in [-0.05, 0) is 25.7 Å². The molecule has 1 fully saturated rings. The summed E-state index contributed by atoms with van der Waals surface area (Å²) in [6, 6.07) is 0.129. The molecule has 2 heterocycles. The standard InChI is InChI=1S/C11H20N4O2S.ClH/c1-9(12)10-3-5-15(6-4-10)18(16,17)11-7-14(2)8-13-11;/h7-10H,3-6,12H2,1-2H3;1H. The van der Waals surface area contributed by atoms with Crippen molar-refractivity contribution in [1.82, 2.24) is 13.9 Å². The van der Waals surface area contributed by atoms with Crippen LogP contribution in [0.2, 0.25) is 0 Å². The highest BCUT2D eigenvalue weighted by Crippen LogP contribution is 2.24. The largest absolute Gasteiger partial charge is 0.339 e. The SMILES string of the molecule is CC(N)C1CCN(S(=O)(=O)c2cn(C)cn2)CC1.Cl. The third kappa shape index (κ3) is 3.47. The lowest BCUT2D eigenvalue weighted by molar-refractivity contribution is 0.250. The number of nitrogens with zero attached hydrogens (tertiary/aromatic N) is 3. The van der Waals surface area contributed by atoms with Gasteiger partial charge in [0.25, 0.3) is 10.0 Å². The summed E-state index contributed by atoms with van der Waals surface area (Å²) in [5, 5.41) is 0.129. The highest BCUT2D eigenvalue weighted by molar-refractivity contribution is 7.89. The molecule has 0 saturated carbocycles. The molecule has 1 aromatic heterocycles. The first-order chi connectivity index (χ1) is 8.41. The second kappa shape index (κ2) is 6.21. The van der Waals surface area contributed by atoms with Crippen molar-refractivity contribution in [3.8, 4) is 0 Å². The number of piperidine rings is 1. The lowest BCUT2D eigenvalue weighted by atomic mass is 9.92. The van der Waals surface area contributed by atoms with Crippen molar-refractivity contribution in [3.63, 3.8) is 0 Å². The fraction of sp³-hybridized carbons (Fsp3) is 0.727. The first-order valence-corrected chi connectivity index (χ1v) is 7.59. The smallest absolute Gasteiger partial charge is 0.262 e. The lowest BCUT2D eigenvalue weighted by Crippen LogP contribution is -2.42. The highest BCUT2D eigenvalue weighted by Gasteiger charge is 2.31. The van der Waals surface area contributed by atoms with Crippen LogP contribution in [0, 0.1) is 5.92 Å². The molecule has 0 bridgehead atoms. The van der Waals surface area contributed by atoms with Crippen LogP contribution < -0.4 is 5.73 Å². The Morgan fingerprint density at radius 1 is 1.42 bits per heavy atom. The first kappa shape index (κ1) is 16.4. The van der Waals surface area contributed by atoms with E-state index in [9.17, 15) is 8.42 Å². The molecule has 0 radical (unpaired) electrons. The molecule has 19 heavy (non-hydrogen) atoms. The van der Waals surface area contributed by atoms with Crippen LogP contribution in [0.3, 0.4) is 0 Å². The van der Waals surface area contributed by atoms with E-state index < -0.39 is 10.0 Å². The Labute approximate surface area is 120 Å². The van der Waals surface area contributed by atoms with Gasteiger partial charge < -0.3 is 10.3 Å². The number of aryl methyl sites for hydroxylation is 1. The summed E-state index contributed by atoms with van der Waals surface area (Å²) < 4.78 is 27.7. The molecule has 0 amide bonds. The monoisotopic (exact) mass is 308 g/mol. The minimum atomic E-state index is -3.43. The van der Waals surface area contributed by atoms with Crippen LogP contribution in [0.15, 0.2) is 17.6 Å². The minimum Gasteiger partial charge on any atom is -0.339 e. The number of sulfonamides is 1. The van der Waals surface area contributed by atoms with E-state index >= 15 is 0 Å². The molecule has 2 N–H and O–H groups in total. The van der Waals surface area contributed by atoms with Gasteiger partial charge in [0.2, 0.25) is 0 Å². The first-order valence-electron chi connectivity index (χ1n) is 6.15. The van der Waals surface area contributed by atoms with E-state index in [1.165, 1.54) is 16.8 Å². The summed E-state index contributed by atoms with van der Waals surface area (Å²) in [6.45, 7) is 3.05. The third-order valence-electron chi connectivity index (χ3n) is 3.53. The van der Waals surface area contributed by atoms with Crippen LogP contribution >= 0.6 is 12.4 Å². The fourth-order valence-corrected chi connectivity index (χ4v) is 3.73. The van der Waals surface area contributed by atoms with Crippen LogP contribution in [0.5, 0.6) is 0 Å². The molecule has 6 nitrogen and oxygen atoms in total. The molecule has 1 atom stereocenters. The van der Waals surface area contributed by atoms with Gasteiger partial charge in [-0.15, -0.1) is 12.4 Å². The van der Waals surface area contributed by atoms with Gasteiger partial charge in [-0.25, -0.2) is 13.4 Å². The van der Waals surface area contributed by atoms with E-state index in [2.05, 4.69) is 4.98 Å². The molecule has 8 heteroatoms. The van der Waals surface area contributed by atoms with Gasteiger partial charge in [-0.2, -0.15) is 4.31 Å². The number of hydrogen-bond acceptors (Lipinski definition) is 4. The number of imidazole rings is 1. The second-order valence-electron chi connectivity index (χ2n) is 4.98. The number of halogens is 1. The van der Waals surface area contributed by atoms with Crippen LogP contribution in [-0.2, 0) is 17.1 Å². The molecule has 0 spiro atoms. The Kier molecular flexibility index (Phi) is 5.37. The van der Waals surface area contributed by atoms with Crippen LogP contribution in [0.25, 0.3) is 0 Å². The highest BCUT2D eigenvalue weighted by atomic mass is 35.5. The Morgan fingerprint density at radius 2 is 2.00 bits per heavy atom. The van der Waals surface area contributed by atoms with E-state index in [4.69, 9.17) is 5.73 Å². The summed E-state index contributed by atoms with van der Waals surface area (Å²) in [6.07, 6.45) is 4.68. The van der Waals surface area contributed by atoms with E-state index in [0.717, 1.165) is 12.8 Å². The molecule has 1 aromatic rings. The molecule has 1 aliphatic heterocycles. The van der Waals surface area contributed by atoms with Crippen molar-refractivity contribution in [3.05, 3.63) is 12.5 Å². The zero-order valence-corrected chi connectivity index (χ0v) is 12.8. The summed E-state index contributed by atoms with van der Waals surface area (Å²) in [7, 11) is -1.67. The number of aromatic nitrogens is 2. The molecular weight excluding hydrogens is 288 g/mol. The molecular formula is C11H21ClN4O2S. The van der Waals surface area contributed by atoms with Crippen molar-refractivity contribution >= 4 is 22.4 Å². The molecule has 110 valence electrons. The fourth-order valence-electron chi connectivity index (χ4n) is 2.30. The maximum absolute atomic E-state index is 12.3. The topological polar surface area (TPSA) is 81.2 Å². The second-order valence-corrected chi connectivity index (χ2v) is 6.86. The van der Waals surface area contributed by atoms with Crippen molar-refractivity contribution in [2.45, 2.75) is 30.8 Å². The van der Waals surface area contributed by atoms with Gasteiger partial charge in [0, 0.05) is 32.4 Å². The van der Waals surface area contributed by atoms with Gasteiger partial charge in [0.05, 0.1) is 6.33 Å². The van der Waals surface area contributed by atoms with Gasteiger partial charge in [-0.3, -0.25) is 0 Å². The molecule has 0 aliphatic carbocycles. The van der Waals surface area contributed by atoms with E-state index in [0.29, 0.717) is 19.0 Å². The molecule has 1 unspecified atom stereocenters. The van der Waals surface area contributed by atoms with E-state index in [1.807, 2.05) is 6.92 Å². The summed E-state index contributed by atoms with van der Waals surface area (Å²) >= 11 is 0. The predicted octanol–water partition coefficient (Wildman–Crippen LogP) is 0.590. The quantitative estimate of drug-likeness (QED) is 0.886. The number of rotatable bonds is 3. The number of hydrogen-bond donors (Lipinski definition) is 1. The average Bonchev–Trinajstić information content (AvgIpc) is 2.76. The van der Waals surface area contributed by atoms with Gasteiger partial charge in [-0.1, -0.05) is 0 Å². The van der Waals surface area contributed by atoms with Crippen LogP contribution in [0.4, 0.5) is 0 Å². The van der Waals surface area contributed by atoms with Crippen molar-refractivity contribution < 1.29 is 8.42 Å². The normalized spacial score (nSPS) is 19.9. The average molecular weight is 309 g/mol. The molecule has 1 saturated heterocycles. The summed E-state index contributed by atoms with van der Waals surface area (Å²) in [5.41, 5.74) is 5.85. The molecule has 2 rings (SSSR count). The summed E-state index contributed by atoms with van der Waals surface area (Å²) in [4.78, 5) is 3.93. The van der Waals surface area contributed by atoms with Crippen molar-refractivity contribution in [2.24, 2.45) is 18.7 Å². The third-order valence-corrected chi connectivity index (χ3v) is 5.31. The minimum absolute atomic E-state index is 0. The molecule has 1 aliphatic rings. The number of nitrogens with two attached hydrogens (primary N) is 1. The molecule has 0 aromatic carbocycles. The maximum atomic E-state index is 12.3. The zero-order valence-electron chi connectivity index (χ0n) is 11.2. The van der Waals surface area contributed by atoms with Crippen molar-refractivity contribution in [1.29, 1.82) is 0 Å².